The predicted octanol–water partition coefficient (Wildman–Crippen LogP) is 2.35. The quantitative estimate of drug-likeness (QED) is 0.888. The maximum atomic E-state index is 5.83. The van der Waals surface area contributed by atoms with E-state index in [0.29, 0.717) is 6.54 Å². The fourth-order valence-corrected chi connectivity index (χ4v) is 1.74. The van der Waals surface area contributed by atoms with Gasteiger partial charge in [0.1, 0.15) is 0 Å². The molecule has 1 aromatic heterocycles. The molecule has 16 heavy (non-hydrogen) atoms. The molecule has 4 heteroatoms. The highest BCUT2D eigenvalue weighted by molar-refractivity contribution is 6.30. The number of aromatic nitrogens is 2. The van der Waals surface area contributed by atoms with E-state index in [1.165, 1.54) is 5.56 Å². The van der Waals surface area contributed by atoms with Crippen LogP contribution in [0.1, 0.15) is 16.8 Å². The molecule has 2 aromatic rings. The minimum atomic E-state index is 0.534. The largest absolute Gasteiger partial charge is 0.326 e. The monoisotopic (exact) mass is 235 g/mol. The van der Waals surface area contributed by atoms with Gasteiger partial charge in [0.2, 0.25) is 0 Å². The van der Waals surface area contributed by atoms with Crippen molar-refractivity contribution in [1.82, 2.24) is 9.78 Å². The molecule has 84 valence electrons. The molecule has 3 nitrogen and oxygen atoms in total. The molecular formula is C12H14ClN3. The van der Waals surface area contributed by atoms with Crippen molar-refractivity contribution < 1.29 is 0 Å². The van der Waals surface area contributed by atoms with Crippen LogP contribution in [0, 0.1) is 6.92 Å². The smallest absolute Gasteiger partial charge is 0.0659 e. The van der Waals surface area contributed by atoms with Crippen LogP contribution in [-0.2, 0) is 13.1 Å². The Hall–Kier alpha value is -1.32. The molecule has 0 saturated carbocycles. The Morgan fingerprint density at radius 2 is 2.00 bits per heavy atom. The highest BCUT2D eigenvalue weighted by atomic mass is 35.5. The van der Waals surface area contributed by atoms with Crippen LogP contribution in [0.25, 0.3) is 0 Å². The summed E-state index contributed by atoms with van der Waals surface area (Å²) in [6.45, 7) is 3.25. The van der Waals surface area contributed by atoms with E-state index in [1.807, 2.05) is 42.1 Å². The van der Waals surface area contributed by atoms with Crippen molar-refractivity contribution in [3.63, 3.8) is 0 Å². The Kier molecular flexibility index (Phi) is 3.27. The van der Waals surface area contributed by atoms with Gasteiger partial charge < -0.3 is 5.73 Å². The second kappa shape index (κ2) is 4.68. The first-order valence-corrected chi connectivity index (χ1v) is 5.54. The molecule has 1 heterocycles. The van der Waals surface area contributed by atoms with Gasteiger partial charge in [0.05, 0.1) is 12.2 Å². The predicted molar refractivity (Wildman–Crippen MR) is 65.4 cm³/mol. The summed E-state index contributed by atoms with van der Waals surface area (Å²) in [5.74, 6) is 0. The lowest BCUT2D eigenvalue weighted by molar-refractivity contribution is 0.679. The Morgan fingerprint density at radius 3 is 2.56 bits per heavy atom. The number of benzene rings is 1. The Morgan fingerprint density at radius 1 is 1.31 bits per heavy atom. The van der Waals surface area contributed by atoms with Gasteiger partial charge in [-0.2, -0.15) is 5.10 Å². The standard InChI is InChI=1S/C12H14ClN3/c1-9-11(6-14)8-16(15-9)7-10-2-4-12(13)5-3-10/h2-5,8H,6-7,14H2,1H3. The van der Waals surface area contributed by atoms with Crippen molar-refractivity contribution >= 4 is 11.6 Å². The number of halogens is 1. The number of hydrogen-bond donors (Lipinski definition) is 1. The van der Waals surface area contributed by atoms with E-state index in [0.717, 1.165) is 22.8 Å². The molecule has 0 aliphatic rings. The third-order valence-corrected chi connectivity index (χ3v) is 2.78. The van der Waals surface area contributed by atoms with Gasteiger partial charge in [-0.1, -0.05) is 23.7 Å². The van der Waals surface area contributed by atoms with Gasteiger partial charge >= 0.3 is 0 Å². The summed E-state index contributed by atoms with van der Waals surface area (Å²) < 4.78 is 1.90. The van der Waals surface area contributed by atoms with E-state index in [9.17, 15) is 0 Å². The summed E-state index contributed by atoms with van der Waals surface area (Å²) in [7, 11) is 0. The first-order valence-electron chi connectivity index (χ1n) is 5.16. The molecule has 0 aliphatic carbocycles. The van der Waals surface area contributed by atoms with Crippen molar-refractivity contribution in [2.24, 2.45) is 5.73 Å². The van der Waals surface area contributed by atoms with Crippen LogP contribution in [-0.4, -0.2) is 9.78 Å². The molecule has 0 bridgehead atoms. The summed E-state index contributed by atoms with van der Waals surface area (Å²) in [5, 5.41) is 5.16. The third-order valence-electron chi connectivity index (χ3n) is 2.53. The maximum Gasteiger partial charge on any atom is 0.0659 e. The fourth-order valence-electron chi connectivity index (χ4n) is 1.62. The van der Waals surface area contributed by atoms with Crippen LogP contribution in [0.3, 0.4) is 0 Å². The van der Waals surface area contributed by atoms with E-state index >= 15 is 0 Å². The summed E-state index contributed by atoms with van der Waals surface area (Å²) in [6.07, 6.45) is 1.99. The van der Waals surface area contributed by atoms with Crippen LogP contribution in [0.2, 0.25) is 5.02 Å². The van der Waals surface area contributed by atoms with E-state index in [1.54, 1.807) is 0 Å². The molecule has 0 spiro atoms. The van der Waals surface area contributed by atoms with Gasteiger partial charge in [0.15, 0.2) is 0 Å². The lowest BCUT2D eigenvalue weighted by Crippen LogP contribution is -2.00. The van der Waals surface area contributed by atoms with Crippen molar-refractivity contribution in [2.75, 3.05) is 0 Å². The molecule has 0 atom stereocenters. The van der Waals surface area contributed by atoms with Gasteiger partial charge in [-0.15, -0.1) is 0 Å². The van der Waals surface area contributed by atoms with Crippen molar-refractivity contribution in [2.45, 2.75) is 20.0 Å². The van der Waals surface area contributed by atoms with E-state index in [-0.39, 0.29) is 0 Å². The number of nitrogens with two attached hydrogens (primary N) is 1. The third kappa shape index (κ3) is 2.43. The molecule has 0 aliphatic heterocycles. The zero-order valence-corrected chi connectivity index (χ0v) is 9.91. The first kappa shape index (κ1) is 11.2. The maximum absolute atomic E-state index is 5.83. The molecule has 0 fully saturated rings. The van der Waals surface area contributed by atoms with Crippen molar-refractivity contribution in [3.8, 4) is 0 Å². The Labute approximate surface area is 99.8 Å². The van der Waals surface area contributed by atoms with E-state index < -0.39 is 0 Å². The van der Waals surface area contributed by atoms with Crippen LogP contribution in [0.4, 0.5) is 0 Å². The number of nitrogens with zero attached hydrogens (tertiary/aromatic N) is 2. The van der Waals surface area contributed by atoms with Gasteiger partial charge in [0, 0.05) is 23.3 Å². The molecule has 2 rings (SSSR count). The van der Waals surface area contributed by atoms with E-state index in [4.69, 9.17) is 17.3 Å². The van der Waals surface area contributed by atoms with Crippen LogP contribution < -0.4 is 5.73 Å². The normalized spacial score (nSPS) is 10.7. The van der Waals surface area contributed by atoms with Gasteiger partial charge in [0.25, 0.3) is 0 Å². The number of hydrogen-bond acceptors (Lipinski definition) is 2. The average Bonchev–Trinajstić information content (AvgIpc) is 2.62. The molecule has 0 saturated heterocycles. The molecular weight excluding hydrogens is 222 g/mol. The summed E-state index contributed by atoms with van der Waals surface area (Å²) >= 11 is 5.83. The second-order valence-electron chi connectivity index (χ2n) is 3.77. The molecule has 0 radical (unpaired) electrons. The Balaban J connectivity index is 2.17. The van der Waals surface area contributed by atoms with Crippen molar-refractivity contribution in [3.05, 3.63) is 52.3 Å². The molecule has 0 unspecified atom stereocenters. The summed E-state index contributed by atoms with van der Waals surface area (Å²) in [5.41, 5.74) is 8.87. The SMILES string of the molecule is Cc1nn(Cc2ccc(Cl)cc2)cc1CN. The molecule has 2 N–H and O–H groups in total. The number of rotatable bonds is 3. The summed E-state index contributed by atoms with van der Waals surface area (Å²) in [6, 6.07) is 7.77. The van der Waals surface area contributed by atoms with Crippen LogP contribution in [0.5, 0.6) is 0 Å². The highest BCUT2D eigenvalue weighted by Crippen LogP contribution is 2.11. The van der Waals surface area contributed by atoms with Gasteiger partial charge in [-0.3, -0.25) is 4.68 Å². The molecule has 1 aromatic carbocycles. The van der Waals surface area contributed by atoms with E-state index in [2.05, 4.69) is 5.10 Å². The minimum Gasteiger partial charge on any atom is -0.326 e. The van der Waals surface area contributed by atoms with Crippen molar-refractivity contribution in [1.29, 1.82) is 0 Å². The van der Waals surface area contributed by atoms with Gasteiger partial charge in [-0.25, -0.2) is 0 Å². The average molecular weight is 236 g/mol. The lowest BCUT2D eigenvalue weighted by atomic mass is 10.2. The second-order valence-corrected chi connectivity index (χ2v) is 4.20. The highest BCUT2D eigenvalue weighted by Gasteiger charge is 2.03. The zero-order valence-electron chi connectivity index (χ0n) is 9.15. The Bertz CT molecular complexity index is 474. The lowest BCUT2D eigenvalue weighted by Gasteiger charge is -2.01. The van der Waals surface area contributed by atoms with Gasteiger partial charge in [-0.05, 0) is 24.6 Å². The topological polar surface area (TPSA) is 43.8 Å². The van der Waals surface area contributed by atoms with Crippen LogP contribution >= 0.6 is 11.6 Å². The fraction of sp³-hybridized carbons (Fsp3) is 0.250. The zero-order chi connectivity index (χ0) is 11.5. The minimum absolute atomic E-state index is 0.534. The van der Waals surface area contributed by atoms with Crippen LogP contribution in [0.15, 0.2) is 30.5 Å². The number of aryl methyl sites for hydroxylation is 1. The first-order chi connectivity index (χ1) is 7.69. The summed E-state index contributed by atoms with van der Waals surface area (Å²) in [4.78, 5) is 0. The molecule has 0 amide bonds.